The highest BCUT2D eigenvalue weighted by molar-refractivity contribution is 7.99. The van der Waals surface area contributed by atoms with E-state index in [2.05, 4.69) is 4.57 Å². The number of imidazole rings is 1. The first-order valence-electron chi connectivity index (χ1n) is 11.3. The molecule has 0 spiro atoms. The van der Waals surface area contributed by atoms with Crippen molar-refractivity contribution in [3.05, 3.63) is 89.7 Å². The summed E-state index contributed by atoms with van der Waals surface area (Å²) in [6, 6.07) is 21.6. The second-order valence-electron chi connectivity index (χ2n) is 8.63. The highest BCUT2D eigenvalue weighted by Gasteiger charge is 2.30. The van der Waals surface area contributed by atoms with E-state index < -0.39 is 10.0 Å². The van der Waals surface area contributed by atoms with Gasteiger partial charge in [-0.15, -0.1) is 0 Å². The largest absolute Gasteiger partial charge is 0.314 e. The first-order valence-corrected chi connectivity index (χ1v) is 13.7. The van der Waals surface area contributed by atoms with Crippen LogP contribution < -0.4 is 0 Å². The zero-order valence-electron chi connectivity index (χ0n) is 18.9. The molecule has 0 saturated carbocycles. The van der Waals surface area contributed by atoms with Gasteiger partial charge in [0.2, 0.25) is 10.0 Å². The lowest BCUT2D eigenvalue weighted by atomic mass is 10.2. The molecule has 1 aromatic heterocycles. The minimum atomic E-state index is -3.48. The molecule has 8 heteroatoms. The highest BCUT2D eigenvalue weighted by atomic mass is 32.2. The molecule has 0 bridgehead atoms. The molecule has 2 heterocycles. The average Bonchev–Trinajstić information content (AvgIpc) is 3.18. The molecule has 3 aromatic carbocycles. The SMILES string of the molecule is Cc1ccc(S(=O)(=O)N2CCC(Sc3nc4ccccc4n3Cc3ccc(F)cc3)CC2)cc1. The highest BCUT2D eigenvalue weighted by Crippen LogP contribution is 2.34. The first kappa shape index (κ1) is 23.1. The summed E-state index contributed by atoms with van der Waals surface area (Å²) < 4.78 is 43.2. The van der Waals surface area contributed by atoms with Gasteiger partial charge in [0.15, 0.2) is 5.16 Å². The Labute approximate surface area is 203 Å². The van der Waals surface area contributed by atoms with Crippen molar-refractivity contribution in [2.75, 3.05) is 13.1 Å². The smallest absolute Gasteiger partial charge is 0.243 e. The van der Waals surface area contributed by atoms with E-state index in [1.54, 1.807) is 40.3 Å². The summed E-state index contributed by atoms with van der Waals surface area (Å²) in [6.45, 7) is 3.53. The van der Waals surface area contributed by atoms with Crippen LogP contribution in [0.5, 0.6) is 0 Å². The zero-order valence-corrected chi connectivity index (χ0v) is 20.5. The molecule has 5 nitrogen and oxygen atoms in total. The van der Waals surface area contributed by atoms with Crippen LogP contribution in [0.4, 0.5) is 4.39 Å². The normalized spacial score (nSPS) is 15.7. The van der Waals surface area contributed by atoms with E-state index in [0.29, 0.717) is 24.5 Å². The summed E-state index contributed by atoms with van der Waals surface area (Å²) in [6.07, 6.45) is 1.52. The Kier molecular flexibility index (Phi) is 6.46. The molecule has 176 valence electrons. The number of thioether (sulfide) groups is 1. The lowest BCUT2D eigenvalue weighted by Crippen LogP contribution is -2.39. The van der Waals surface area contributed by atoms with Gasteiger partial charge >= 0.3 is 0 Å². The van der Waals surface area contributed by atoms with Crippen LogP contribution in [0.15, 0.2) is 82.8 Å². The maximum atomic E-state index is 13.4. The van der Waals surface area contributed by atoms with Crippen LogP contribution in [0.2, 0.25) is 0 Å². The van der Waals surface area contributed by atoms with Gasteiger partial charge in [0.05, 0.1) is 22.5 Å². The third-order valence-corrected chi connectivity index (χ3v) is 9.45. The molecule has 1 aliphatic heterocycles. The maximum absolute atomic E-state index is 13.4. The molecule has 0 atom stereocenters. The van der Waals surface area contributed by atoms with Crippen LogP contribution in [-0.2, 0) is 16.6 Å². The number of rotatable bonds is 6. The molecule has 1 fully saturated rings. The summed E-state index contributed by atoms with van der Waals surface area (Å²) in [5.74, 6) is -0.249. The molecule has 1 aliphatic rings. The Hall–Kier alpha value is -2.68. The van der Waals surface area contributed by atoms with Crippen molar-refractivity contribution < 1.29 is 12.8 Å². The monoisotopic (exact) mass is 495 g/mol. The molecular weight excluding hydrogens is 469 g/mol. The molecule has 1 saturated heterocycles. The number of nitrogens with zero attached hydrogens (tertiary/aromatic N) is 3. The van der Waals surface area contributed by atoms with Gasteiger partial charge in [0.1, 0.15) is 5.82 Å². The number of halogens is 1. The van der Waals surface area contributed by atoms with Crippen molar-refractivity contribution in [2.45, 2.75) is 41.6 Å². The van der Waals surface area contributed by atoms with Gasteiger partial charge in [-0.25, -0.2) is 17.8 Å². The molecule has 5 rings (SSSR count). The predicted molar refractivity (Wildman–Crippen MR) is 134 cm³/mol. The number of hydrogen-bond acceptors (Lipinski definition) is 4. The van der Waals surface area contributed by atoms with Crippen molar-refractivity contribution in [3.63, 3.8) is 0 Å². The number of aromatic nitrogens is 2. The van der Waals surface area contributed by atoms with Crippen molar-refractivity contribution in [2.24, 2.45) is 0 Å². The van der Waals surface area contributed by atoms with Gasteiger partial charge in [0, 0.05) is 18.3 Å². The van der Waals surface area contributed by atoms with Crippen LogP contribution >= 0.6 is 11.8 Å². The Bertz CT molecular complexity index is 1390. The summed E-state index contributed by atoms with van der Waals surface area (Å²) in [4.78, 5) is 5.22. The van der Waals surface area contributed by atoms with E-state index >= 15 is 0 Å². The van der Waals surface area contributed by atoms with Crippen molar-refractivity contribution in [1.29, 1.82) is 0 Å². The topological polar surface area (TPSA) is 55.2 Å². The van der Waals surface area contributed by atoms with E-state index in [1.165, 1.54) is 12.1 Å². The lowest BCUT2D eigenvalue weighted by molar-refractivity contribution is 0.352. The van der Waals surface area contributed by atoms with Gasteiger partial charge in [-0.2, -0.15) is 4.31 Å². The lowest BCUT2D eigenvalue weighted by Gasteiger charge is -2.30. The Morgan fingerprint density at radius 1 is 0.971 bits per heavy atom. The summed E-state index contributed by atoms with van der Waals surface area (Å²) in [7, 11) is -3.48. The molecule has 0 N–H and O–H groups in total. The zero-order chi connectivity index (χ0) is 23.7. The summed E-state index contributed by atoms with van der Waals surface area (Å²) in [5, 5.41) is 1.18. The van der Waals surface area contributed by atoms with E-state index in [-0.39, 0.29) is 11.1 Å². The number of piperidine rings is 1. The van der Waals surface area contributed by atoms with Crippen LogP contribution in [0, 0.1) is 12.7 Å². The van der Waals surface area contributed by atoms with Gasteiger partial charge in [-0.05, 0) is 61.7 Å². The molecule has 4 aromatic rings. The maximum Gasteiger partial charge on any atom is 0.243 e. The number of para-hydroxylation sites is 2. The number of hydrogen-bond donors (Lipinski definition) is 0. The molecule has 0 amide bonds. The molecule has 34 heavy (non-hydrogen) atoms. The molecule has 0 aliphatic carbocycles. The van der Waals surface area contributed by atoms with Crippen LogP contribution in [0.25, 0.3) is 11.0 Å². The number of sulfonamides is 1. The van der Waals surface area contributed by atoms with E-state index in [0.717, 1.165) is 40.2 Å². The molecule has 0 radical (unpaired) electrons. The minimum Gasteiger partial charge on any atom is -0.314 e. The van der Waals surface area contributed by atoms with Crippen LogP contribution in [0.1, 0.15) is 24.0 Å². The standard InChI is InChI=1S/C26H26FN3O2S2/c1-19-6-12-23(13-7-19)34(31,32)29-16-14-22(15-17-29)33-26-28-24-4-2-3-5-25(24)30(26)18-20-8-10-21(27)11-9-20/h2-13,22H,14-18H2,1H3. The minimum absolute atomic E-state index is 0.249. The predicted octanol–water partition coefficient (Wildman–Crippen LogP) is 5.48. The van der Waals surface area contributed by atoms with Gasteiger partial charge in [-0.1, -0.05) is 53.7 Å². The van der Waals surface area contributed by atoms with E-state index in [9.17, 15) is 12.8 Å². The number of benzene rings is 3. The van der Waals surface area contributed by atoms with Crippen LogP contribution in [-0.4, -0.2) is 40.6 Å². The van der Waals surface area contributed by atoms with Crippen molar-refractivity contribution in [1.82, 2.24) is 13.9 Å². The third-order valence-electron chi connectivity index (χ3n) is 6.21. The van der Waals surface area contributed by atoms with Gasteiger partial charge in [-0.3, -0.25) is 0 Å². The fourth-order valence-corrected chi connectivity index (χ4v) is 6.92. The third kappa shape index (κ3) is 4.76. The van der Waals surface area contributed by atoms with Crippen molar-refractivity contribution >= 4 is 32.8 Å². The fraction of sp³-hybridized carbons (Fsp3) is 0.269. The quantitative estimate of drug-likeness (QED) is 0.356. The Balaban J connectivity index is 1.32. The fourth-order valence-electron chi connectivity index (χ4n) is 4.27. The van der Waals surface area contributed by atoms with E-state index in [4.69, 9.17) is 4.98 Å². The van der Waals surface area contributed by atoms with Gasteiger partial charge in [0.25, 0.3) is 0 Å². The Morgan fingerprint density at radius 3 is 2.35 bits per heavy atom. The van der Waals surface area contributed by atoms with Crippen LogP contribution in [0.3, 0.4) is 0 Å². The molecule has 0 unspecified atom stereocenters. The molecular formula is C26H26FN3O2S2. The summed E-state index contributed by atoms with van der Waals surface area (Å²) >= 11 is 1.71. The average molecular weight is 496 g/mol. The number of fused-ring (bicyclic) bond motifs is 1. The second-order valence-corrected chi connectivity index (χ2v) is 11.8. The Morgan fingerprint density at radius 2 is 1.65 bits per heavy atom. The van der Waals surface area contributed by atoms with Crippen molar-refractivity contribution in [3.8, 4) is 0 Å². The number of aryl methyl sites for hydroxylation is 1. The van der Waals surface area contributed by atoms with E-state index in [1.807, 2.05) is 43.3 Å². The van der Waals surface area contributed by atoms with Gasteiger partial charge < -0.3 is 4.57 Å². The second kappa shape index (κ2) is 9.52. The summed E-state index contributed by atoms with van der Waals surface area (Å²) in [5.41, 5.74) is 4.00. The first-order chi connectivity index (χ1) is 16.4.